The van der Waals surface area contributed by atoms with Crippen LogP contribution in [0.1, 0.15) is 19.8 Å². The Labute approximate surface area is 73.8 Å². The van der Waals surface area contributed by atoms with Crippen molar-refractivity contribution in [1.82, 2.24) is 10.2 Å². The van der Waals surface area contributed by atoms with Crippen molar-refractivity contribution in [3.05, 3.63) is 0 Å². The minimum absolute atomic E-state index is 0.428. The van der Waals surface area contributed by atoms with E-state index >= 15 is 0 Å². The normalized spacial score (nSPS) is 44.0. The second kappa shape index (κ2) is 2.98. The zero-order valence-electron chi connectivity index (χ0n) is 7.71. The van der Waals surface area contributed by atoms with Crippen LogP contribution < -0.4 is 5.32 Å². The maximum Gasteiger partial charge on any atom is 0.0758 e. The van der Waals surface area contributed by atoms with Crippen LogP contribution in [0.15, 0.2) is 0 Å². The number of hydrogen-bond donors (Lipinski definition) is 2. The molecule has 70 valence electrons. The highest BCUT2D eigenvalue weighted by Gasteiger charge is 2.35. The van der Waals surface area contributed by atoms with Gasteiger partial charge in [0.2, 0.25) is 0 Å². The maximum atomic E-state index is 9.76. The van der Waals surface area contributed by atoms with Crippen LogP contribution in [0.2, 0.25) is 0 Å². The lowest BCUT2D eigenvalue weighted by atomic mass is 10.1. The van der Waals surface area contributed by atoms with Crippen molar-refractivity contribution < 1.29 is 5.11 Å². The molecule has 0 aromatic heterocycles. The largest absolute Gasteiger partial charge is 0.389 e. The van der Waals surface area contributed by atoms with Crippen molar-refractivity contribution in [3.63, 3.8) is 0 Å². The van der Waals surface area contributed by atoms with Crippen LogP contribution >= 0.6 is 0 Å². The molecular weight excluding hydrogens is 152 g/mol. The molecule has 2 heterocycles. The SMILES string of the molecule is CC1(O)CCN(C2CCNC2)C1. The molecule has 2 fully saturated rings. The van der Waals surface area contributed by atoms with Crippen molar-refractivity contribution in [2.75, 3.05) is 26.2 Å². The summed E-state index contributed by atoms with van der Waals surface area (Å²) in [5, 5.41) is 13.1. The summed E-state index contributed by atoms with van der Waals surface area (Å²) < 4.78 is 0. The standard InChI is InChI=1S/C9H18N2O/c1-9(12)3-5-11(7-9)8-2-4-10-6-8/h8,10,12H,2-7H2,1H3. The van der Waals surface area contributed by atoms with Crippen molar-refractivity contribution in [2.24, 2.45) is 0 Å². The van der Waals surface area contributed by atoms with Crippen molar-refractivity contribution in [3.8, 4) is 0 Å². The molecule has 3 nitrogen and oxygen atoms in total. The third-order valence-corrected chi connectivity index (χ3v) is 3.03. The molecule has 2 unspecified atom stereocenters. The van der Waals surface area contributed by atoms with E-state index in [0.29, 0.717) is 6.04 Å². The number of β-amino-alcohol motifs (C(OH)–C–C–N with tert-alkyl or cyclic N) is 1. The monoisotopic (exact) mass is 170 g/mol. The fourth-order valence-corrected chi connectivity index (χ4v) is 2.24. The van der Waals surface area contributed by atoms with Crippen LogP contribution in [-0.4, -0.2) is 47.8 Å². The smallest absolute Gasteiger partial charge is 0.0758 e. The fourth-order valence-electron chi connectivity index (χ4n) is 2.24. The van der Waals surface area contributed by atoms with Gasteiger partial charge in [0.05, 0.1) is 5.60 Å². The summed E-state index contributed by atoms with van der Waals surface area (Å²) >= 11 is 0. The molecule has 2 saturated heterocycles. The van der Waals surface area contributed by atoms with Gasteiger partial charge in [-0.15, -0.1) is 0 Å². The summed E-state index contributed by atoms with van der Waals surface area (Å²) in [6.07, 6.45) is 2.18. The molecule has 0 aliphatic carbocycles. The van der Waals surface area contributed by atoms with Gasteiger partial charge in [-0.05, 0) is 26.3 Å². The summed E-state index contributed by atoms with van der Waals surface area (Å²) in [6, 6.07) is 0.680. The van der Waals surface area contributed by atoms with Gasteiger partial charge in [-0.3, -0.25) is 4.90 Å². The van der Waals surface area contributed by atoms with Crippen LogP contribution in [0.4, 0.5) is 0 Å². The molecule has 3 heteroatoms. The lowest BCUT2D eigenvalue weighted by Crippen LogP contribution is -2.38. The Morgan fingerprint density at radius 1 is 1.58 bits per heavy atom. The Morgan fingerprint density at radius 3 is 2.92 bits per heavy atom. The first-order valence-corrected chi connectivity index (χ1v) is 4.84. The van der Waals surface area contributed by atoms with Crippen LogP contribution in [0.5, 0.6) is 0 Å². The molecule has 12 heavy (non-hydrogen) atoms. The van der Waals surface area contributed by atoms with E-state index < -0.39 is 5.60 Å². The molecule has 2 atom stereocenters. The zero-order chi connectivity index (χ0) is 8.60. The van der Waals surface area contributed by atoms with Crippen LogP contribution in [0.3, 0.4) is 0 Å². The molecule has 2 aliphatic heterocycles. The van der Waals surface area contributed by atoms with Gasteiger partial charge in [0.25, 0.3) is 0 Å². The van der Waals surface area contributed by atoms with E-state index in [2.05, 4.69) is 10.2 Å². The summed E-state index contributed by atoms with van der Waals surface area (Å²) in [6.45, 7) is 6.12. The molecule has 0 radical (unpaired) electrons. The Hall–Kier alpha value is -0.120. The average Bonchev–Trinajstić information content (AvgIpc) is 2.55. The number of likely N-dealkylation sites (tertiary alicyclic amines) is 1. The first-order valence-electron chi connectivity index (χ1n) is 4.84. The van der Waals surface area contributed by atoms with Gasteiger partial charge >= 0.3 is 0 Å². The molecule has 0 bridgehead atoms. The lowest BCUT2D eigenvalue weighted by Gasteiger charge is -2.24. The van der Waals surface area contributed by atoms with Gasteiger partial charge in [0, 0.05) is 25.7 Å². The van der Waals surface area contributed by atoms with Crippen LogP contribution in [-0.2, 0) is 0 Å². The predicted octanol–water partition coefficient (Wildman–Crippen LogP) is -0.195. The quantitative estimate of drug-likeness (QED) is 0.572. The van der Waals surface area contributed by atoms with Gasteiger partial charge in [-0.1, -0.05) is 0 Å². The third-order valence-electron chi connectivity index (χ3n) is 3.03. The van der Waals surface area contributed by atoms with E-state index in [1.165, 1.54) is 6.42 Å². The van der Waals surface area contributed by atoms with E-state index in [1.54, 1.807) is 0 Å². The van der Waals surface area contributed by atoms with Crippen molar-refractivity contribution >= 4 is 0 Å². The van der Waals surface area contributed by atoms with Gasteiger partial charge in [-0.25, -0.2) is 0 Å². The third kappa shape index (κ3) is 1.63. The molecule has 2 aliphatic rings. The Balaban J connectivity index is 1.90. The van der Waals surface area contributed by atoms with E-state index in [0.717, 1.165) is 32.6 Å². The second-order valence-electron chi connectivity index (χ2n) is 4.36. The van der Waals surface area contributed by atoms with E-state index in [4.69, 9.17) is 0 Å². The number of hydrogen-bond acceptors (Lipinski definition) is 3. The topological polar surface area (TPSA) is 35.5 Å². The minimum atomic E-state index is -0.428. The Kier molecular flexibility index (Phi) is 2.10. The minimum Gasteiger partial charge on any atom is -0.389 e. The van der Waals surface area contributed by atoms with Crippen molar-refractivity contribution in [2.45, 2.75) is 31.4 Å². The predicted molar refractivity (Wildman–Crippen MR) is 48.1 cm³/mol. The molecule has 0 saturated carbocycles. The summed E-state index contributed by atoms with van der Waals surface area (Å²) in [4.78, 5) is 2.42. The first kappa shape index (κ1) is 8.48. The van der Waals surface area contributed by atoms with E-state index in [9.17, 15) is 5.11 Å². The molecule has 0 aromatic rings. The number of nitrogens with zero attached hydrogens (tertiary/aromatic N) is 1. The maximum absolute atomic E-state index is 9.76. The highest BCUT2D eigenvalue weighted by molar-refractivity contribution is 4.91. The summed E-state index contributed by atoms with van der Waals surface area (Å²) in [7, 11) is 0. The molecule has 0 aromatic carbocycles. The molecular formula is C9H18N2O. The van der Waals surface area contributed by atoms with Gasteiger partial charge in [0.15, 0.2) is 0 Å². The highest BCUT2D eigenvalue weighted by Crippen LogP contribution is 2.23. The highest BCUT2D eigenvalue weighted by atomic mass is 16.3. The molecule has 2 N–H and O–H groups in total. The van der Waals surface area contributed by atoms with E-state index in [1.807, 2.05) is 6.92 Å². The first-order chi connectivity index (χ1) is 5.67. The Morgan fingerprint density at radius 2 is 2.42 bits per heavy atom. The average molecular weight is 170 g/mol. The molecule has 0 spiro atoms. The van der Waals surface area contributed by atoms with Gasteiger partial charge in [-0.2, -0.15) is 0 Å². The number of aliphatic hydroxyl groups is 1. The van der Waals surface area contributed by atoms with E-state index in [-0.39, 0.29) is 0 Å². The Bertz CT molecular complexity index is 164. The fraction of sp³-hybridized carbons (Fsp3) is 1.00. The van der Waals surface area contributed by atoms with Crippen LogP contribution in [0.25, 0.3) is 0 Å². The summed E-state index contributed by atoms with van der Waals surface area (Å²) in [5.74, 6) is 0. The number of nitrogens with one attached hydrogen (secondary N) is 1. The summed E-state index contributed by atoms with van der Waals surface area (Å²) in [5.41, 5.74) is -0.428. The second-order valence-corrected chi connectivity index (χ2v) is 4.36. The lowest BCUT2D eigenvalue weighted by molar-refractivity contribution is 0.0635. The van der Waals surface area contributed by atoms with Crippen molar-refractivity contribution in [1.29, 1.82) is 0 Å². The van der Waals surface area contributed by atoms with Crippen LogP contribution in [0, 0.1) is 0 Å². The number of rotatable bonds is 1. The van der Waals surface area contributed by atoms with Gasteiger partial charge < -0.3 is 10.4 Å². The van der Waals surface area contributed by atoms with Gasteiger partial charge in [0.1, 0.15) is 0 Å². The molecule has 2 rings (SSSR count). The molecule has 0 amide bonds. The zero-order valence-corrected chi connectivity index (χ0v) is 7.71.